The molecule has 0 heterocycles. The van der Waals surface area contributed by atoms with Crippen LogP contribution in [0.25, 0.3) is 0 Å². The lowest BCUT2D eigenvalue weighted by Crippen LogP contribution is -2.52. The number of rotatable bonds is 4. The third-order valence-electron chi connectivity index (χ3n) is 2.89. The molecular weight excluding hydrogens is 440 g/mol. The van der Waals surface area contributed by atoms with Crippen molar-refractivity contribution in [3.8, 4) is 0 Å². The third-order valence-corrected chi connectivity index (χ3v) is 6.93. The molecule has 0 spiro atoms. The number of esters is 1. The van der Waals surface area contributed by atoms with Crippen LogP contribution in [0.2, 0.25) is 0 Å². The van der Waals surface area contributed by atoms with E-state index in [0.717, 1.165) is 7.11 Å². The van der Waals surface area contributed by atoms with E-state index in [1.807, 2.05) is 0 Å². The number of aliphatic carboxylic acids is 1. The van der Waals surface area contributed by atoms with Crippen molar-refractivity contribution < 1.29 is 23.8 Å². The second-order valence-corrected chi connectivity index (χ2v) is 7.61. The normalized spacial score (nSPS) is 34.8. The van der Waals surface area contributed by atoms with Gasteiger partial charge in [-0.25, -0.2) is 9.18 Å². The number of halogens is 7. The quantitative estimate of drug-likeness (QED) is 0.515. The van der Waals surface area contributed by atoms with Crippen LogP contribution in [-0.4, -0.2) is 62.6 Å². The van der Waals surface area contributed by atoms with Crippen LogP contribution in [0.4, 0.5) is 4.39 Å². The Morgan fingerprint density at radius 2 is 1.26 bits per heavy atom. The van der Waals surface area contributed by atoms with Gasteiger partial charge in [-0.1, -0.05) is 0 Å². The van der Waals surface area contributed by atoms with Crippen molar-refractivity contribution in [3.05, 3.63) is 0 Å². The van der Waals surface area contributed by atoms with Crippen molar-refractivity contribution in [3.63, 3.8) is 0 Å². The molecule has 1 saturated carbocycles. The smallest absolute Gasteiger partial charge is 0.340 e. The fraction of sp³-hybridized carbons (Fsp3) is 0.833. The number of alkyl halides is 7. The average Bonchev–Trinajstić information content (AvgIpc) is 2.53. The first-order valence-electron chi connectivity index (χ1n) is 6.32. The fourth-order valence-electron chi connectivity index (χ4n) is 1.55. The van der Waals surface area contributed by atoms with Crippen LogP contribution in [0, 0.1) is 0 Å². The molecule has 4 nitrogen and oxygen atoms in total. The first kappa shape index (κ1) is 23.6. The fourth-order valence-corrected chi connectivity index (χ4v) is 3.88. The minimum Gasteiger partial charge on any atom is -0.481 e. The molecule has 1 aliphatic rings. The molecule has 0 aromatic rings. The minimum atomic E-state index is -1.82. The first-order valence-corrected chi connectivity index (χ1v) is 8.94. The highest BCUT2D eigenvalue weighted by atomic mass is 35.5. The standard InChI is InChI=1S/C6H6Cl6.C6H9FO4/c7-1-2(8)4(10)6(12)5(11)3(1)9;1-11-6(10)4(7)2-3-5(8)9/h1-6H;4H,2-3H2,1H3,(H,8,9)/t1-,2-,3-,4+,5+,6+;. The Bertz CT molecular complexity index is 343. The van der Waals surface area contributed by atoms with E-state index in [1.165, 1.54) is 0 Å². The van der Waals surface area contributed by atoms with E-state index >= 15 is 0 Å². The number of hydrogen-bond acceptors (Lipinski definition) is 3. The van der Waals surface area contributed by atoms with E-state index in [2.05, 4.69) is 4.74 Å². The van der Waals surface area contributed by atoms with Gasteiger partial charge < -0.3 is 9.84 Å². The van der Waals surface area contributed by atoms with Crippen LogP contribution in [0.5, 0.6) is 0 Å². The van der Waals surface area contributed by atoms with Gasteiger partial charge in [0.15, 0.2) is 6.17 Å². The summed E-state index contributed by atoms with van der Waals surface area (Å²) < 4.78 is 16.5. The topological polar surface area (TPSA) is 63.6 Å². The monoisotopic (exact) mass is 452 g/mol. The van der Waals surface area contributed by atoms with Crippen LogP contribution in [-0.2, 0) is 14.3 Å². The molecule has 11 heteroatoms. The number of ether oxygens (including phenoxy) is 1. The number of carboxylic acid groups (broad SMARTS) is 1. The summed E-state index contributed by atoms with van der Waals surface area (Å²) in [5.41, 5.74) is 0. The highest BCUT2D eigenvalue weighted by molar-refractivity contribution is 6.45. The molecule has 0 radical (unpaired) electrons. The first-order chi connectivity index (χ1) is 10.5. The van der Waals surface area contributed by atoms with E-state index in [1.54, 1.807) is 0 Å². The summed E-state index contributed by atoms with van der Waals surface area (Å²) in [7, 11) is 1.05. The van der Waals surface area contributed by atoms with E-state index in [-0.39, 0.29) is 12.8 Å². The maximum atomic E-state index is 12.4. The molecule has 0 saturated heterocycles. The SMILES string of the molecule is COC(=O)C(F)CCC(=O)O.Cl[C@H]1[C@H](Cl)[C@@H](Cl)[C@@H](Cl)[C@H](Cl)[C@H]1Cl. The lowest BCUT2D eigenvalue weighted by Gasteiger charge is -2.37. The summed E-state index contributed by atoms with van der Waals surface area (Å²) in [6, 6.07) is 0. The van der Waals surface area contributed by atoms with Gasteiger partial charge in [0.2, 0.25) is 0 Å². The molecular formula is C12H15Cl6FO4. The molecule has 0 aromatic heterocycles. The second kappa shape index (κ2) is 11.3. The maximum absolute atomic E-state index is 12.4. The number of carbonyl (C=O) groups excluding carboxylic acids is 1. The molecule has 136 valence electrons. The zero-order valence-electron chi connectivity index (χ0n) is 11.8. The number of methoxy groups -OCH3 is 1. The molecule has 0 bridgehead atoms. The van der Waals surface area contributed by atoms with E-state index < -0.39 is 50.4 Å². The summed E-state index contributed by atoms with van der Waals surface area (Å²) >= 11 is 35.3. The van der Waals surface area contributed by atoms with E-state index in [0.29, 0.717) is 0 Å². The number of carboxylic acids is 1. The Balaban J connectivity index is 0.000000423. The highest BCUT2D eigenvalue weighted by Gasteiger charge is 2.46. The average molecular weight is 455 g/mol. The predicted molar refractivity (Wildman–Crippen MR) is 91.6 cm³/mol. The Kier molecular flexibility index (Phi) is 11.6. The molecule has 1 atom stereocenters. The maximum Gasteiger partial charge on any atom is 0.340 e. The summed E-state index contributed by atoms with van der Waals surface area (Å²) in [6.07, 6.45) is -2.52. The largest absolute Gasteiger partial charge is 0.481 e. The van der Waals surface area contributed by atoms with Gasteiger partial charge in [-0.15, -0.1) is 69.6 Å². The molecule has 1 aliphatic carbocycles. The molecule has 0 aromatic carbocycles. The van der Waals surface area contributed by atoms with Crippen molar-refractivity contribution in [1.82, 2.24) is 0 Å². The van der Waals surface area contributed by atoms with Crippen LogP contribution in [0.3, 0.4) is 0 Å². The molecule has 0 aliphatic heterocycles. The summed E-state index contributed by atoms with van der Waals surface area (Å²) in [6.45, 7) is 0. The minimum absolute atomic E-state index is 0.331. The summed E-state index contributed by atoms with van der Waals surface area (Å²) in [5, 5.41) is 5.48. The molecule has 0 amide bonds. The molecule has 1 fully saturated rings. The molecule has 1 unspecified atom stereocenters. The Labute approximate surface area is 163 Å². The Morgan fingerprint density at radius 1 is 0.957 bits per heavy atom. The zero-order chi connectivity index (χ0) is 18.3. The van der Waals surface area contributed by atoms with Crippen molar-refractivity contribution >= 4 is 81.5 Å². The van der Waals surface area contributed by atoms with Crippen molar-refractivity contribution in [1.29, 1.82) is 0 Å². The van der Waals surface area contributed by atoms with Crippen molar-refractivity contribution in [2.75, 3.05) is 7.11 Å². The van der Waals surface area contributed by atoms with Gasteiger partial charge in [0.1, 0.15) is 0 Å². The van der Waals surface area contributed by atoms with Crippen LogP contribution >= 0.6 is 69.6 Å². The molecule has 23 heavy (non-hydrogen) atoms. The molecule has 1 rings (SSSR count). The van der Waals surface area contributed by atoms with Gasteiger partial charge in [-0.05, 0) is 6.42 Å². The van der Waals surface area contributed by atoms with Gasteiger partial charge in [-0.2, -0.15) is 0 Å². The van der Waals surface area contributed by atoms with Crippen molar-refractivity contribution in [2.45, 2.75) is 51.3 Å². The van der Waals surface area contributed by atoms with Gasteiger partial charge in [0.05, 0.1) is 39.4 Å². The second-order valence-electron chi connectivity index (χ2n) is 4.59. The molecule has 1 N–H and O–H groups in total. The summed E-state index contributed by atoms with van der Waals surface area (Å²) in [5.74, 6) is -2.15. The van der Waals surface area contributed by atoms with Gasteiger partial charge >= 0.3 is 11.9 Å². The Morgan fingerprint density at radius 3 is 1.48 bits per heavy atom. The van der Waals surface area contributed by atoms with Crippen molar-refractivity contribution in [2.24, 2.45) is 0 Å². The van der Waals surface area contributed by atoms with Crippen LogP contribution in [0.1, 0.15) is 12.8 Å². The van der Waals surface area contributed by atoms with Crippen LogP contribution < -0.4 is 0 Å². The highest BCUT2D eigenvalue weighted by Crippen LogP contribution is 2.39. The zero-order valence-corrected chi connectivity index (χ0v) is 16.3. The third kappa shape index (κ3) is 7.57. The predicted octanol–water partition coefficient (Wildman–Crippen LogP) is 4.01. The summed E-state index contributed by atoms with van der Waals surface area (Å²) in [4.78, 5) is 20.2. The lowest BCUT2D eigenvalue weighted by atomic mass is 9.97. The van der Waals surface area contributed by atoms with E-state index in [4.69, 9.17) is 74.7 Å². The lowest BCUT2D eigenvalue weighted by molar-refractivity contribution is -0.147. The number of hydrogen-bond donors (Lipinski definition) is 1. The number of carbonyl (C=O) groups is 2. The van der Waals surface area contributed by atoms with E-state index in [9.17, 15) is 14.0 Å². The van der Waals surface area contributed by atoms with Gasteiger partial charge in [0, 0.05) is 6.42 Å². The van der Waals surface area contributed by atoms with Gasteiger partial charge in [-0.3, -0.25) is 4.79 Å². The van der Waals surface area contributed by atoms with Crippen LogP contribution in [0.15, 0.2) is 0 Å². The van der Waals surface area contributed by atoms with Gasteiger partial charge in [0.25, 0.3) is 0 Å². The Hall–Kier alpha value is 0.610.